The predicted molar refractivity (Wildman–Crippen MR) is 130 cm³/mol. The Hall–Kier alpha value is -3.04. The molecule has 2 aliphatic heterocycles. The third kappa shape index (κ3) is 4.18. The van der Waals surface area contributed by atoms with Crippen molar-refractivity contribution in [2.24, 2.45) is 0 Å². The summed E-state index contributed by atoms with van der Waals surface area (Å²) in [5.74, 6) is 1.74. The van der Waals surface area contributed by atoms with Crippen LogP contribution in [0, 0.1) is 0 Å². The molecule has 2 aromatic heterocycles. The summed E-state index contributed by atoms with van der Waals surface area (Å²) in [5.41, 5.74) is 4.18. The normalized spacial score (nSPS) is 15.5. The van der Waals surface area contributed by atoms with E-state index in [9.17, 15) is 4.79 Å². The van der Waals surface area contributed by atoms with Crippen LogP contribution in [0.15, 0.2) is 52.6 Å². The number of benzene rings is 1. The minimum atomic E-state index is -0.0359. The van der Waals surface area contributed by atoms with Gasteiger partial charge in [0, 0.05) is 42.8 Å². The third-order valence-electron chi connectivity index (χ3n) is 5.88. The highest BCUT2D eigenvalue weighted by Gasteiger charge is 2.31. The Morgan fingerprint density at radius 1 is 1.21 bits per heavy atom. The lowest BCUT2D eigenvalue weighted by molar-refractivity contribution is 0.186. The van der Waals surface area contributed by atoms with Crippen molar-refractivity contribution in [3.8, 4) is 16.9 Å². The molecule has 0 aliphatic carbocycles. The van der Waals surface area contributed by atoms with Gasteiger partial charge in [0.2, 0.25) is 5.95 Å². The standard InChI is InChI=1S/C24H27N5O3S/c1-16(2)29-24(25-15-26-29)28-14-20-19-12-17(4-5-21(19)32-10-7-22(20)33-28)18-6-8-27(9-11-31-3)23(30)13-18/h4-6,8,12-13,15-16H,7,9-11,14H2,1-3H3. The van der Waals surface area contributed by atoms with E-state index in [0.717, 1.165) is 41.4 Å². The fourth-order valence-electron chi connectivity index (χ4n) is 4.17. The number of hydrogen-bond acceptors (Lipinski definition) is 7. The van der Waals surface area contributed by atoms with Gasteiger partial charge in [0.25, 0.3) is 5.56 Å². The van der Waals surface area contributed by atoms with Crippen molar-refractivity contribution < 1.29 is 9.47 Å². The molecular weight excluding hydrogens is 438 g/mol. The number of anilines is 1. The summed E-state index contributed by atoms with van der Waals surface area (Å²) in [7, 11) is 1.63. The number of methoxy groups -OCH3 is 1. The van der Waals surface area contributed by atoms with Gasteiger partial charge in [-0.2, -0.15) is 10.1 Å². The minimum Gasteiger partial charge on any atom is -0.493 e. The number of fused-ring (bicyclic) bond motifs is 2. The number of nitrogens with zero attached hydrogens (tertiary/aromatic N) is 5. The molecule has 33 heavy (non-hydrogen) atoms. The molecule has 4 heterocycles. The van der Waals surface area contributed by atoms with Crippen molar-refractivity contribution >= 4 is 23.5 Å². The van der Waals surface area contributed by atoms with Gasteiger partial charge in [-0.05, 0) is 60.7 Å². The first-order valence-corrected chi connectivity index (χ1v) is 11.9. The molecule has 0 saturated heterocycles. The Labute approximate surface area is 197 Å². The summed E-state index contributed by atoms with van der Waals surface area (Å²) in [6.07, 6.45) is 4.30. The van der Waals surface area contributed by atoms with Crippen LogP contribution in [0.4, 0.5) is 5.95 Å². The molecule has 0 amide bonds. The zero-order valence-corrected chi connectivity index (χ0v) is 19.8. The van der Waals surface area contributed by atoms with E-state index in [0.29, 0.717) is 19.8 Å². The Balaban J connectivity index is 1.47. The molecule has 9 heteroatoms. The average Bonchev–Trinajstić information content (AvgIpc) is 3.43. The molecule has 0 N–H and O–H groups in total. The highest BCUT2D eigenvalue weighted by molar-refractivity contribution is 8.04. The first-order valence-electron chi connectivity index (χ1n) is 11.1. The van der Waals surface area contributed by atoms with Gasteiger partial charge in [-0.3, -0.25) is 9.10 Å². The van der Waals surface area contributed by atoms with Crippen LogP contribution in [0.5, 0.6) is 5.75 Å². The van der Waals surface area contributed by atoms with E-state index in [1.54, 1.807) is 36.0 Å². The maximum Gasteiger partial charge on any atom is 0.251 e. The Kier molecular flexibility index (Phi) is 5.99. The van der Waals surface area contributed by atoms with E-state index >= 15 is 0 Å². The topological polar surface area (TPSA) is 74.4 Å². The van der Waals surface area contributed by atoms with Crippen LogP contribution in [0.25, 0.3) is 16.7 Å². The summed E-state index contributed by atoms with van der Waals surface area (Å²) < 4.78 is 17.0. The molecule has 0 radical (unpaired) electrons. The molecule has 172 valence electrons. The van der Waals surface area contributed by atoms with E-state index < -0.39 is 0 Å². The predicted octanol–water partition coefficient (Wildman–Crippen LogP) is 4.00. The fourth-order valence-corrected chi connectivity index (χ4v) is 5.30. The molecule has 0 spiro atoms. The molecule has 1 aromatic carbocycles. The van der Waals surface area contributed by atoms with Crippen molar-refractivity contribution in [2.45, 2.75) is 32.9 Å². The first-order chi connectivity index (χ1) is 16.0. The summed E-state index contributed by atoms with van der Waals surface area (Å²) in [6, 6.07) is 10.1. The van der Waals surface area contributed by atoms with Gasteiger partial charge in [0.15, 0.2) is 0 Å². The van der Waals surface area contributed by atoms with E-state index in [2.05, 4.69) is 34.3 Å². The number of hydrogen-bond donors (Lipinski definition) is 0. The highest BCUT2D eigenvalue weighted by Crippen LogP contribution is 2.46. The molecule has 8 nitrogen and oxygen atoms in total. The van der Waals surface area contributed by atoms with Crippen LogP contribution in [0.1, 0.15) is 31.9 Å². The Bertz CT molecular complexity index is 1260. The smallest absolute Gasteiger partial charge is 0.251 e. The SMILES string of the molecule is COCCn1ccc(-c2ccc3c(c2)C2=C(CCO3)SN(c3ncnn3C(C)C)C2)cc1=O. The van der Waals surface area contributed by atoms with Gasteiger partial charge in [0.1, 0.15) is 12.1 Å². The number of pyridine rings is 1. The maximum atomic E-state index is 12.6. The van der Waals surface area contributed by atoms with E-state index in [1.807, 2.05) is 29.1 Å². The van der Waals surface area contributed by atoms with Gasteiger partial charge in [0.05, 0.1) is 25.8 Å². The number of ether oxygens (including phenoxy) is 2. The molecule has 0 bridgehead atoms. The quantitative estimate of drug-likeness (QED) is 0.510. The van der Waals surface area contributed by atoms with Gasteiger partial charge in [-0.1, -0.05) is 6.07 Å². The minimum absolute atomic E-state index is 0.0359. The average molecular weight is 466 g/mol. The monoisotopic (exact) mass is 465 g/mol. The van der Waals surface area contributed by atoms with Crippen LogP contribution in [-0.2, 0) is 11.3 Å². The van der Waals surface area contributed by atoms with Gasteiger partial charge >= 0.3 is 0 Å². The number of aromatic nitrogens is 4. The molecule has 3 aromatic rings. The van der Waals surface area contributed by atoms with Gasteiger partial charge in [-0.25, -0.2) is 4.68 Å². The Morgan fingerprint density at radius 2 is 2.06 bits per heavy atom. The van der Waals surface area contributed by atoms with Crippen LogP contribution < -0.4 is 14.6 Å². The molecule has 5 rings (SSSR count). The zero-order chi connectivity index (χ0) is 22.9. The van der Waals surface area contributed by atoms with Gasteiger partial charge in [-0.15, -0.1) is 0 Å². The second-order valence-electron chi connectivity index (χ2n) is 8.38. The molecule has 0 saturated carbocycles. The van der Waals surface area contributed by atoms with Gasteiger partial charge < -0.3 is 14.0 Å². The van der Waals surface area contributed by atoms with E-state index in [4.69, 9.17) is 9.47 Å². The third-order valence-corrected chi connectivity index (χ3v) is 7.07. The fraction of sp³-hybridized carbons (Fsp3) is 0.375. The van der Waals surface area contributed by atoms with Crippen LogP contribution >= 0.6 is 11.9 Å². The lowest BCUT2D eigenvalue weighted by Crippen LogP contribution is -2.20. The van der Waals surface area contributed by atoms with Crippen molar-refractivity contribution in [1.29, 1.82) is 0 Å². The van der Waals surface area contributed by atoms with Crippen molar-refractivity contribution in [1.82, 2.24) is 19.3 Å². The van der Waals surface area contributed by atoms with E-state index in [-0.39, 0.29) is 11.6 Å². The highest BCUT2D eigenvalue weighted by atomic mass is 32.2. The summed E-state index contributed by atoms with van der Waals surface area (Å²) in [5, 5.41) is 4.40. The molecule has 2 aliphatic rings. The van der Waals surface area contributed by atoms with Crippen molar-refractivity contribution in [2.75, 3.05) is 31.2 Å². The lowest BCUT2D eigenvalue weighted by Gasteiger charge is -2.20. The summed E-state index contributed by atoms with van der Waals surface area (Å²) >= 11 is 1.72. The second-order valence-corrected chi connectivity index (χ2v) is 9.49. The first kappa shape index (κ1) is 21.8. The second kappa shape index (κ2) is 9.07. The lowest BCUT2D eigenvalue weighted by atomic mass is 9.98. The zero-order valence-electron chi connectivity index (χ0n) is 19.0. The molecule has 0 fully saturated rings. The van der Waals surface area contributed by atoms with Crippen molar-refractivity contribution in [3.63, 3.8) is 0 Å². The molecule has 0 atom stereocenters. The summed E-state index contributed by atoms with van der Waals surface area (Å²) in [6.45, 7) is 6.62. The maximum absolute atomic E-state index is 12.6. The van der Waals surface area contributed by atoms with E-state index in [1.165, 1.54) is 10.5 Å². The molecular formula is C24H27N5O3S. The Morgan fingerprint density at radius 3 is 2.85 bits per heavy atom. The number of rotatable bonds is 6. The van der Waals surface area contributed by atoms with Crippen LogP contribution in [0.3, 0.4) is 0 Å². The van der Waals surface area contributed by atoms with Crippen molar-refractivity contribution in [3.05, 3.63) is 63.7 Å². The molecule has 0 unspecified atom stereocenters. The van der Waals surface area contributed by atoms with Crippen LogP contribution in [0.2, 0.25) is 0 Å². The van der Waals surface area contributed by atoms with Crippen LogP contribution in [-0.4, -0.2) is 46.2 Å². The largest absolute Gasteiger partial charge is 0.493 e. The summed E-state index contributed by atoms with van der Waals surface area (Å²) in [4.78, 5) is 18.4.